The van der Waals surface area contributed by atoms with Gasteiger partial charge in [-0.25, -0.2) is 0 Å². The van der Waals surface area contributed by atoms with Gasteiger partial charge in [-0.3, -0.25) is 4.68 Å². The fourth-order valence-electron chi connectivity index (χ4n) is 3.25. The van der Waals surface area contributed by atoms with Crippen LogP contribution >= 0.6 is 0 Å². The monoisotopic (exact) mass is 249 g/mol. The van der Waals surface area contributed by atoms with E-state index in [1.165, 1.54) is 37.7 Å². The van der Waals surface area contributed by atoms with Gasteiger partial charge in [-0.05, 0) is 19.3 Å². The average Bonchev–Trinajstić information content (AvgIpc) is 3.07. The van der Waals surface area contributed by atoms with Crippen molar-refractivity contribution in [1.29, 1.82) is 0 Å². The molecule has 100 valence electrons. The Balaban J connectivity index is 1.57. The standard InChI is InChI=1S/C14H23N3O/c1-17-10-12(9-16-17)14-11(6-7-18-14)8-15-13-4-2-3-5-13/h9-11,13-15H,2-8H2,1H3/t11-,14+/m1/s1. The Morgan fingerprint density at radius 3 is 2.94 bits per heavy atom. The molecule has 18 heavy (non-hydrogen) atoms. The van der Waals surface area contributed by atoms with Gasteiger partial charge in [0, 0.05) is 43.9 Å². The lowest BCUT2D eigenvalue weighted by atomic mass is 9.97. The molecule has 0 aromatic carbocycles. The topological polar surface area (TPSA) is 39.1 Å². The van der Waals surface area contributed by atoms with Crippen molar-refractivity contribution in [3.63, 3.8) is 0 Å². The summed E-state index contributed by atoms with van der Waals surface area (Å²) in [7, 11) is 1.96. The lowest BCUT2D eigenvalue weighted by molar-refractivity contribution is 0.0898. The van der Waals surface area contributed by atoms with E-state index in [1.807, 2.05) is 17.9 Å². The van der Waals surface area contributed by atoms with Crippen LogP contribution in [0, 0.1) is 5.92 Å². The van der Waals surface area contributed by atoms with Crippen molar-refractivity contribution in [2.45, 2.75) is 44.2 Å². The van der Waals surface area contributed by atoms with Gasteiger partial charge in [0.1, 0.15) is 0 Å². The predicted molar refractivity (Wildman–Crippen MR) is 70.3 cm³/mol. The Hall–Kier alpha value is -0.870. The highest BCUT2D eigenvalue weighted by atomic mass is 16.5. The molecule has 2 fully saturated rings. The fraction of sp³-hybridized carbons (Fsp3) is 0.786. The molecule has 0 bridgehead atoms. The van der Waals surface area contributed by atoms with E-state index in [0.717, 1.165) is 19.2 Å². The van der Waals surface area contributed by atoms with Gasteiger partial charge in [0.2, 0.25) is 0 Å². The molecule has 2 aliphatic rings. The van der Waals surface area contributed by atoms with Crippen LogP contribution in [0.2, 0.25) is 0 Å². The number of aryl methyl sites for hydroxylation is 1. The number of nitrogens with one attached hydrogen (secondary N) is 1. The summed E-state index contributed by atoms with van der Waals surface area (Å²) in [5.74, 6) is 0.606. The molecule has 3 rings (SSSR count). The van der Waals surface area contributed by atoms with E-state index >= 15 is 0 Å². The van der Waals surface area contributed by atoms with Crippen molar-refractivity contribution < 1.29 is 4.74 Å². The molecular weight excluding hydrogens is 226 g/mol. The fourth-order valence-corrected chi connectivity index (χ4v) is 3.25. The van der Waals surface area contributed by atoms with Crippen LogP contribution in [0.3, 0.4) is 0 Å². The van der Waals surface area contributed by atoms with Gasteiger partial charge in [0.05, 0.1) is 12.3 Å². The van der Waals surface area contributed by atoms with E-state index in [4.69, 9.17) is 4.74 Å². The number of ether oxygens (including phenoxy) is 1. The van der Waals surface area contributed by atoms with E-state index in [9.17, 15) is 0 Å². The minimum absolute atomic E-state index is 0.243. The second kappa shape index (κ2) is 5.41. The molecule has 0 radical (unpaired) electrons. The molecule has 1 aromatic rings. The van der Waals surface area contributed by atoms with E-state index in [0.29, 0.717) is 5.92 Å². The van der Waals surface area contributed by atoms with Gasteiger partial charge in [0.25, 0.3) is 0 Å². The first-order valence-corrected chi connectivity index (χ1v) is 7.16. The maximum atomic E-state index is 5.89. The first kappa shape index (κ1) is 12.2. The number of rotatable bonds is 4. The molecule has 1 aliphatic heterocycles. The van der Waals surface area contributed by atoms with Gasteiger partial charge < -0.3 is 10.1 Å². The Bertz CT molecular complexity index is 384. The van der Waals surface area contributed by atoms with Crippen molar-refractivity contribution in [2.24, 2.45) is 13.0 Å². The van der Waals surface area contributed by atoms with Crippen LogP contribution in [0.4, 0.5) is 0 Å². The summed E-state index contributed by atoms with van der Waals surface area (Å²) in [6, 6.07) is 0.750. The van der Waals surface area contributed by atoms with Gasteiger partial charge in [0.15, 0.2) is 0 Å². The van der Waals surface area contributed by atoms with Crippen LogP contribution in [0.1, 0.15) is 43.8 Å². The highest BCUT2D eigenvalue weighted by Crippen LogP contribution is 2.34. The van der Waals surface area contributed by atoms with Crippen molar-refractivity contribution >= 4 is 0 Å². The molecule has 4 nitrogen and oxygen atoms in total. The largest absolute Gasteiger partial charge is 0.373 e. The zero-order chi connectivity index (χ0) is 12.4. The minimum atomic E-state index is 0.243. The van der Waals surface area contributed by atoms with Gasteiger partial charge in [-0.1, -0.05) is 12.8 Å². The summed E-state index contributed by atoms with van der Waals surface area (Å²) < 4.78 is 7.75. The SMILES string of the molecule is Cn1cc([C@H]2OCC[C@@H]2CNC2CCCC2)cn1. The molecule has 0 spiro atoms. The van der Waals surface area contributed by atoms with Crippen LogP contribution in [-0.2, 0) is 11.8 Å². The maximum absolute atomic E-state index is 5.89. The Kier molecular flexibility index (Phi) is 3.66. The van der Waals surface area contributed by atoms with Gasteiger partial charge in [-0.15, -0.1) is 0 Å². The van der Waals surface area contributed by atoms with E-state index in [2.05, 4.69) is 16.6 Å². The Labute approximate surface area is 109 Å². The number of aromatic nitrogens is 2. The number of hydrogen-bond acceptors (Lipinski definition) is 3. The average molecular weight is 249 g/mol. The molecule has 1 aliphatic carbocycles. The molecular formula is C14H23N3O. The normalized spacial score (nSPS) is 29.2. The lowest BCUT2D eigenvalue weighted by Gasteiger charge is -2.20. The molecule has 4 heteroatoms. The number of hydrogen-bond donors (Lipinski definition) is 1. The van der Waals surface area contributed by atoms with Crippen molar-refractivity contribution in [3.8, 4) is 0 Å². The molecule has 1 aromatic heterocycles. The summed E-state index contributed by atoms with van der Waals surface area (Å²) in [6.45, 7) is 1.97. The highest BCUT2D eigenvalue weighted by Gasteiger charge is 2.31. The summed E-state index contributed by atoms with van der Waals surface area (Å²) in [6.07, 6.45) is 10.9. The van der Waals surface area contributed by atoms with Gasteiger partial charge in [-0.2, -0.15) is 5.10 Å². The second-order valence-electron chi connectivity index (χ2n) is 5.68. The molecule has 1 N–H and O–H groups in total. The van der Waals surface area contributed by atoms with Gasteiger partial charge >= 0.3 is 0 Å². The van der Waals surface area contributed by atoms with Crippen LogP contribution in [0.25, 0.3) is 0 Å². The number of nitrogens with zero attached hydrogens (tertiary/aromatic N) is 2. The molecule has 0 unspecified atom stereocenters. The Morgan fingerprint density at radius 2 is 2.22 bits per heavy atom. The van der Waals surface area contributed by atoms with Crippen LogP contribution in [-0.4, -0.2) is 29.0 Å². The highest BCUT2D eigenvalue weighted by molar-refractivity contribution is 5.11. The molecule has 1 saturated carbocycles. The molecule has 1 saturated heterocycles. The molecule has 2 heterocycles. The summed E-state index contributed by atoms with van der Waals surface area (Å²) in [4.78, 5) is 0. The summed E-state index contributed by atoms with van der Waals surface area (Å²) in [5.41, 5.74) is 1.23. The third kappa shape index (κ3) is 2.59. The lowest BCUT2D eigenvalue weighted by Crippen LogP contribution is -2.32. The maximum Gasteiger partial charge on any atom is 0.0896 e. The van der Waals surface area contributed by atoms with Crippen molar-refractivity contribution in [2.75, 3.05) is 13.2 Å². The molecule has 2 atom stereocenters. The minimum Gasteiger partial charge on any atom is -0.373 e. The van der Waals surface area contributed by atoms with Crippen molar-refractivity contribution in [3.05, 3.63) is 18.0 Å². The van der Waals surface area contributed by atoms with Crippen LogP contribution in [0.5, 0.6) is 0 Å². The van der Waals surface area contributed by atoms with E-state index < -0.39 is 0 Å². The van der Waals surface area contributed by atoms with E-state index in [1.54, 1.807) is 0 Å². The first-order chi connectivity index (χ1) is 8.83. The molecule has 0 amide bonds. The third-order valence-corrected chi connectivity index (χ3v) is 4.29. The van der Waals surface area contributed by atoms with Crippen molar-refractivity contribution in [1.82, 2.24) is 15.1 Å². The summed E-state index contributed by atoms with van der Waals surface area (Å²) in [5, 5.41) is 7.97. The predicted octanol–water partition coefficient (Wildman–Crippen LogP) is 2.03. The first-order valence-electron chi connectivity index (χ1n) is 7.16. The van der Waals surface area contributed by atoms with Crippen LogP contribution < -0.4 is 5.32 Å². The smallest absolute Gasteiger partial charge is 0.0896 e. The quantitative estimate of drug-likeness (QED) is 0.887. The zero-order valence-electron chi connectivity index (χ0n) is 11.1. The summed E-state index contributed by atoms with van der Waals surface area (Å²) >= 11 is 0. The zero-order valence-corrected chi connectivity index (χ0v) is 11.1. The Morgan fingerprint density at radius 1 is 1.39 bits per heavy atom. The van der Waals surface area contributed by atoms with E-state index in [-0.39, 0.29) is 6.10 Å². The third-order valence-electron chi connectivity index (χ3n) is 4.29. The second-order valence-corrected chi connectivity index (χ2v) is 5.68. The van der Waals surface area contributed by atoms with Crippen LogP contribution in [0.15, 0.2) is 12.4 Å².